The minimum atomic E-state index is -4.60. The Hall–Kier alpha value is -3.71. The first-order valence-electron chi connectivity index (χ1n) is 10.9. The van der Waals surface area contributed by atoms with Gasteiger partial charge in [0.2, 0.25) is 5.95 Å². The van der Waals surface area contributed by atoms with E-state index in [9.17, 15) is 26.7 Å². The van der Waals surface area contributed by atoms with Crippen LogP contribution in [-0.4, -0.2) is 69.1 Å². The number of carbonyl (C=O) groups is 1. The molecule has 0 spiro atoms. The predicted molar refractivity (Wildman–Crippen MR) is 122 cm³/mol. The topological polar surface area (TPSA) is 122 Å². The van der Waals surface area contributed by atoms with E-state index >= 15 is 0 Å². The maximum atomic E-state index is 14.5. The second-order valence-electron chi connectivity index (χ2n) is 8.45. The molecular weight excluding hydrogens is 487 g/mol. The lowest BCUT2D eigenvalue weighted by molar-refractivity contribution is -0.148. The average molecular weight is 512 g/mol. The Kier molecular flexibility index (Phi) is 7.84. The van der Waals surface area contributed by atoms with Crippen molar-refractivity contribution in [2.45, 2.75) is 38.4 Å². The van der Waals surface area contributed by atoms with E-state index in [0.717, 1.165) is 4.90 Å². The van der Waals surface area contributed by atoms with Gasteiger partial charge in [-0.2, -0.15) is 13.2 Å². The van der Waals surface area contributed by atoms with Crippen LogP contribution in [0.2, 0.25) is 0 Å². The van der Waals surface area contributed by atoms with Crippen molar-refractivity contribution in [2.75, 3.05) is 25.5 Å². The maximum Gasteiger partial charge on any atom is 0.419 e. The van der Waals surface area contributed by atoms with Gasteiger partial charge < -0.3 is 16.0 Å². The zero-order chi connectivity index (χ0) is 26.7. The molecule has 36 heavy (non-hydrogen) atoms. The molecule has 2 atom stereocenters. The summed E-state index contributed by atoms with van der Waals surface area (Å²) in [6.07, 6.45) is -1.14. The number of nitrogens with one attached hydrogen (secondary N) is 1. The molecule has 0 radical (unpaired) electrons. The molecule has 1 fully saturated rings. The summed E-state index contributed by atoms with van der Waals surface area (Å²) in [5.41, 5.74) is 5.41. The molecule has 9 nitrogen and oxygen atoms in total. The van der Waals surface area contributed by atoms with E-state index in [-0.39, 0.29) is 29.6 Å². The van der Waals surface area contributed by atoms with Crippen molar-refractivity contribution in [2.24, 2.45) is 16.6 Å². The number of likely N-dealkylation sites (tertiary alicyclic amines) is 1. The van der Waals surface area contributed by atoms with E-state index in [1.807, 2.05) is 0 Å². The number of allylic oxidation sites excluding steroid dienone is 1. The first-order chi connectivity index (χ1) is 16.8. The van der Waals surface area contributed by atoms with Gasteiger partial charge in [-0.25, -0.2) is 28.7 Å². The molecule has 2 unspecified atom stereocenters. The van der Waals surface area contributed by atoms with E-state index in [2.05, 4.69) is 30.2 Å². The molecule has 0 aliphatic carbocycles. The van der Waals surface area contributed by atoms with Gasteiger partial charge in [0, 0.05) is 50.5 Å². The van der Waals surface area contributed by atoms with Crippen LogP contribution in [0.5, 0.6) is 0 Å². The summed E-state index contributed by atoms with van der Waals surface area (Å²) >= 11 is 0. The quantitative estimate of drug-likeness (QED) is 0.347. The van der Waals surface area contributed by atoms with Gasteiger partial charge in [0.1, 0.15) is 5.70 Å². The van der Waals surface area contributed by atoms with Gasteiger partial charge in [-0.15, -0.1) is 0 Å². The van der Waals surface area contributed by atoms with Gasteiger partial charge >= 0.3 is 6.18 Å². The average Bonchev–Trinajstić information content (AvgIpc) is 2.80. The molecule has 2 aromatic rings. The van der Waals surface area contributed by atoms with Crippen LogP contribution in [-0.2, 0) is 11.0 Å². The Morgan fingerprint density at radius 3 is 2.56 bits per heavy atom. The fourth-order valence-electron chi connectivity index (χ4n) is 3.87. The number of nitrogens with two attached hydrogens (primary N) is 1. The van der Waals surface area contributed by atoms with Crippen LogP contribution in [0.15, 0.2) is 35.3 Å². The first-order valence-corrected chi connectivity index (χ1v) is 10.9. The molecular formula is C22H25F5N8O. The standard InChI is InChI=1S/C22H25F5N8O/c1-12-6-21(23,24)11-35(16(12)10-33-20-31-7-14(8-32-20)22(25,26)27)19(36)17(28)15(9-29-3)18-30-5-4-13(2)34-18/h4-5,7-9,12,16H,6,10-11,28H2,1-3H3,(H,31,32,33). The highest BCUT2D eigenvalue weighted by Gasteiger charge is 2.46. The normalized spacial score (nSPS) is 20.8. The number of carbonyl (C=O) groups excluding carboxylic acids is 1. The number of aryl methyl sites for hydroxylation is 1. The van der Waals surface area contributed by atoms with Crippen molar-refractivity contribution in [3.8, 4) is 0 Å². The van der Waals surface area contributed by atoms with E-state index < -0.39 is 48.5 Å². The van der Waals surface area contributed by atoms with E-state index in [4.69, 9.17) is 5.73 Å². The van der Waals surface area contributed by atoms with Crippen LogP contribution in [0.25, 0.3) is 5.57 Å². The molecule has 14 heteroatoms. The fourth-order valence-corrected chi connectivity index (χ4v) is 3.87. The summed E-state index contributed by atoms with van der Waals surface area (Å²) in [5.74, 6) is -4.77. The number of aromatic nitrogens is 4. The third kappa shape index (κ3) is 6.29. The molecule has 1 amide bonds. The second kappa shape index (κ2) is 10.5. The van der Waals surface area contributed by atoms with E-state index in [0.29, 0.717) is 18.1 Å². The highest BCUT2D eigenvalue weighted by Crippen LogP contribution is 2.35. The third-order valence-electron chi connectivity index (χ3n) is 5.60. The van der Waals surface area contributed by atoms with Gasteiger partial charge in [0.25, 0.3) is 11.8 Å². The predicted octanol–water partition coefficient (Wildman–Crippen LogP) is 2.95. The lowest BCUT2D eigenvalue weighted by atomic mass is 9.88. The molecule has 3 heterocycles. The van der Waals surface area contributed by atoms with Crippen molar-refractivity contribution in [1.82, 2.24) is 24.8 Å². The van der Waals surface area contributed by atoms with Crippen molar-refractivity contribution >= 4 is 23.6 Å². The van der Waals surface area contributed by atoms with Gasteiger partial charge in [0.05, 0.1) is 23.7 Å². The number of alkyl halides is 5. The summed E-state index contributed by atoms with van der Waals surface area (Å²) in [7, 11) is 1.45. The number of hydrogen-bond donors (Lipinski definition) is 2. The fraction of sp³-hybridized carbons (Fsp3) is 0.455. The van der Waals surface area contributed by atoms with Crippen LogP contribution in [0.4, 0.5) is 27.9 Å². The van der Waals surface area contributed by atoms with Gasteiger partial charge in [0.15, 0.2) is 5.82 Å². The van der Waals surface area contributed by atoms with Crippen molar-refractivity contribution in [1.29, 1.82) is 0 Å². The van der Waals surface area contributed by atoms with Crippen molar-refractivity contribution < 1.29 is 26.7 Å². The number of nitrogens with zero attached hydrogens (tertiary/aromatic N) is 6. The van der Waals surface area contributed by atoms with Crippen LogP contribution in [0.1, 0.15) is 30.4 Å². The number of aliphatic imine (C=N–C) groups is 1. The molecule has 0 saturated carbocycles. The maximum absolute atomic E-state index is 14.5. The van der Waals surface area contributed by atoms with E-state index in [1.54, 1.807) is 19.9 Å². The van der Waals surface area contributed by atoms with Crippen molar-refractivity contribution in [3.63, 3.8) is 0 Å². The van der Waals surface area contributed by atoms with Crippen LogP contribution in [0, 0.1) is 12.8 Å². The molecule has 3 N–H and O–H groups in total. The SMILES string of the molecule is CN=CC(=C(N)C(=O)N1CC(F)(F)CC(C)C1CNc1ncc(C(F)(F)F)cn1)c1nccc(C)n1. The molecule has 1 saturated heterocycles. The molecule has 0 bridgehead atoms. The van der Waals surface area contributed by atoms with Crippen LogP contribution >= 0.6 is 0 Å². The largest absolute Gasteiger partial charge is 0.419 e. The summed E-state index contributed by atoms with van der Waals surface area (Å²) in [6, 6.07) is 0.847. The number of amides is 1. The molecule has 1 aliphatic heterocycles. The van der Waals surface area contributed by atoms with Gasteiger partial charge in [-0.3, -0.25) is 9.79 Å². The monoisotopic (exact) mass is 512 g/mol. The Morgan fingerprint density at radius 1 is 1.31 bits per heavy atom. The molecule has 1 aliphatic rings. The lowest BCUT2D eigenvalue weighted by Crippen LogP contribution is -2.58. The third-order valence-corrected chi connectivity index (χ3v) is 5.60. The zero-order valence-corrected chi connectivity index (χ0v) is 19.7. The highest BCUT2D eigenvalue weighted by atomic mass is 19.4. The van der Waals surface area contributed by atoms with Crippen molar-refractivity contribution in [3.05, 3.63) is 47.4 Å². The number of rotatable bonds is 6. The van der Waals surface area contributed by atoms with Gasteiger partial charge in [-0.05, 0) is 18.9 Å². The zero-order valence-electron chi connectivity index (χ0n) is 19.7. The highest BCUT2D eigenvalue weighted by molar-refractivity contribution is 6.17. The Morgan fingerprint density at radius 2 is 1.97 bits per heavy atom. The molecule has 2 aromatic heterocycles. The molecule has 0 aromatic carbocycles. The lowest BCUT2D eigenvalue weighted by Gasteiger charge is -2.43. The summed E-state index contributed by atoms with van der Waals surface area (Å²) < 4.78 is 67.2. The number of halogens is 5. The number of anilines is 1. The summed E-state index contributed by atoms with van der Waals surface area (Å²) in [6.45, 7) is 2.26. The molecule has 194 valence electrons. The van der Waals surface area contributed by atoms with Crippen LogP contribution in [0.3, 0.4) is 0 Å². The number of piperidine rings is 1. The Balaban J connectivity index is 1.90. The Labute approximate surface area is 203 Å². The molecule has 3 rings (SSSR count). The Bertz CT molecular complexity index is 1150. The smallest absolute Gasteiger partial charge is 0.394 e. The second-order valence-corrected chi connectivity index (χ2v) is 8.45. The summed E-state index contributed by atoms with van der Waals surface area (Å²) in [4.78, 5) is 33.8. The number of hydrogen-bond acceptors (Lipinski definition) is 8. The minimum Gasteiger partial charge on any atom is -0.394 e. The van der Waals surface area contributed by atoms with Gasteiger partial charge in [-0.1, -0.05) is 6.92 Å². The van der Waals surface area contributed by atoms with E-state index in [1.165, 1.54) is 19.5 Å². The minimum absolute atomic E-state index is 0.0746. The van der Waals surface area contributed by atoms with Crippen LogP contribution < -0.4 is 11.1 Å². The first kappa shape index (κ1) is 26.9. The summed E-state index contributed by atoms with van der Waals surface area (Å²) in [5, 5.41) is 2.73.